The maximum Gasteiger partial charge on any atom is 0.417 e. The molecule has 0 unspecified atom stereocenters. The lowest BCUT2D eigenvalue weighted by Crippen LogP contribution is -2.14. The van der Waals surface area contributed by atoms with Gasteiger partial charge in [0.1, 0.15) is 11.5 Å². The van der Waals surface area contributed by atoms with Crippen LogP contribution >= 0.6 is 15.9 Å². The van der Waals surface area contributed by atoms with Gasteiger partial charge in [-0.3, -0.25) is 0 Å². The molecular formula is C15H13BrF3NO. The fraction of sp³-hybridized carbons (Fsp3) is 0.333. The second-order valence-electron chi connectivity index (χ2n) is 5.11. The van der Waals surface area contributed by atoms with Gasteiger partial charge in [-0.05, 0) is 43.2 Å². The van der Waals surface area contributed by atoms with Gasteiger partial charge in [0.2, 0.25) is 0 Å². The highest BCUT2D eigenvalue weighted by Gasteiger charge is 2.34. The summed E-state index contributed by atoms with van der Waals surface area (Å²) in [6, 6.07) is 7.89. The molecule has 112 valence electrons. The fourth-order valence-corrected chi connectivity index (χ4v) is 2.48. The van der Waals surface area contributed by atoms with E-state index in [0.29, 0.717) is 22.8 Å². The van der Waals surface area contributed by atoms with Gasteiger partial charge in [-0.25, -0.2) is 0 Å². The molecule has 0 saturated heterocycles. The molecule has 1 saturated carbocycles. The largest absolute Gasteiger partial charge is 0.460 e. The fourth-order valence-electron chi connectivity index (χ4n) is 2.12. The second kappa shape index (κ2) is 5.50. The van der Waals surface area contributed by atoms with Gasteiger partial charge in [0.15, 0.2) is 0 Å². The van der Waals surface area contributed by atoms with Crippen molar-refractivity contribution in [3.63, 3.8) is 0 Å². The molecule has 2 nitrogen and oxygen atoms in total. The first-order chi connectivity index (χ1) is 9.93. The average molecular weight is 360 g/mol. The predicted molar refractivity (Wildman–Crippen MR) is 76.7 cm³/mol. The molecule has 1 aromatic heterocycles. The molecule has 0 amide bonds. The van der Waals surface area contributed by atoms with Gasteiger partial charge in [-0.15, -0.1) is 0 Å². The summed E-state index contributed by atoms with van der Waals surface area (Å²) in [5.41, 5.74) is -0.642. The predicted octanol–water partition coefficient (Wildman–Crippen LogP) is 4.98. The van der Waals surface area contributed by atoms with Crippen molar-refractivity contribution in [1.29, 1.82) is 0 Å². The molecule has 1 fully saturated rings. The molecular weight excluding hydrogens is 347 g/mol. The van der Waals surface area contributed by atoms with Crippen LogP contribution in [-0.4, -0.2) is 6.04 Å². The summed E-state index contributed by atoms with van der Waals surface area (Å²) < 4.78 is 45.3. The molecule has 1 N–H and O–H groups in total. The standard InChI is InChI=1S/C15H13BrF3NO/c16-9-1-5-12(13(7-9)15(17,18)19)14-6-4-11(21-14)8-20-10-2-3-10/h1,4-7,10,20H,2-3,8H2. The number of benzene rings is 1. The van der Waals surface area contributed by atoms with Gasteiger partial charge in [-0.1, -0.05) is 15.9 Å². The molecule has 0 spiro atoms. The molecule has 1 heterocycles. The summed E-state index contributed by atoms with van der Waals surface area (Å²) >= 11 is 3.07. The van der Waals surface area contributed by atoms with Crippen molar-refractivity contribution in [1.82, 2.24) is 5.32 Å². The summed E-state index contributed by atoms with van der Waals surface area (Å²) in [7, 11) is 0. The van der Waals surface area contributed by atoms with Gasteiger partial charge in [0.25, 0.3) is 0 Å². The highest BCUT2D eigenvalue weighted by molar-refractivity contribution is 9.10. The van der Waals surface area contributed by atoms with Gasteiger partial charge >= 0.3 is 6.18 Å². The number of halogens is 4. The maximum absolute atomic E-state index is 13.1. The van der Waals surface area contributed by atoms with Crippen molar-refractivity contribution in [3.8, 4) is 11.3 Å². The summed E-state index contributed by atoms with van der Waals surface area (Å²) in [5, 5.41) is 3.27. The minimum Gasteiger partial charge on any atom is -0.460 e. The molecule has 1 aliphatic carbocycles. The minimum atomic E-state index is -4.42. The number of hydrogen-bond acceptors (Lipinski definition) is 2. The monoisotopic (exact) mass is 359 g/mol. The van der Waals surface area contributed by atoms with E-state index in [-0.39, 0.29) is 11.3 Å². The van der Waals surface area contributed by atoms with Crippen molar-refractivity contribution >= 4 is 15.9 Å². The second-order valence-corrected chi connectivity index (χ2v) is 6.02. The Labute approximate surface area is 128 Å². The zero-order chi connectivity index (χ0) is 15.0. The van der Waals surface area contributed by atoms with E-state index >= 15 is 0 Å². The third kappa shape index (κ3) is 3.49. The van der Waals surface area contributed by atoms with Crippen LogP contribution in [-0.2, 0) is 12.7 Å². The van der Waals surface area contributed by atoms with E-state index in [1.165, 1.54) is 6.07 Å². The highest BCUT2D eigenvalue weighted by atomic mass is 79.9. The Morgan fingerprint density at radius 3 is 2.62 bits per heavy atom. The zero-order valence-corrected chi connectivity index (χ0v) is 12.6. The van der Waals surface area contributed by atoms with E-state index < -0.39 is 11.7 Å². The van der Waals surface area contributed by atoms with Crippen LogP contribution in [0, 0.1) is 0 Å². The number of hydrogen-bond donors (Lipinski definition) is 1. The molecule has 2 aromatic rings. The summed E-state index contributed by atoms with van der Waals surface area (Å²) in [6.45, 7) is 0.544. The average Bonchev–Trinajstić information content (AvgIpc) is 3.13. The third-order valence-electron chi connectivity index (χ3n) is 3.36. The van der Waals surface area contributed by atoms with Crippen molar-refractivity contribution in [2.45, 2.75) is 31.6 Å². The van der Waals surface area contributed by atoms with Crippen LogP contribution in [0.3, 0.4) is 0 Å². The normalized spacial score (nSPS) is 15.4. The van der Waals surface area contributed by atoms with Crippen molar-refractivity contribution < 1.29 is 17.6 Å². The molecule has 0 radical (unpaired) electrons. The van der Waals surface area contributed by atoms with Crippen molar-refractivity contribution in [2.24, 2.45) is 0 Å². The Morgan fingerprint density at radius 1 is 1.19 bits per heavy atom. The molecule has 1 aliphatic rings. The lowest BCUT2D eigenvalue weighted by molar-refractivity contribution is -0.137. The molecule has 0 bridgehead atoms. The van der Waals surface area contributed by atoms with Gasteiger partial charge in [0.05, 0.1) is 12.1 Å². The molecule has 0 aliphatic heterocycles. The van der Waals surface area contributed by atoms with Crippen LogP contribution in [0.1, 0.15) is 24.2 Å². The number of rotatable bonds is 4. The Hall–Kier alpha value is -1.27. The van der Waals surface area contributed by atoms with Crippen LogP contribution in [0.4, 0.5) is 13.2 Å². The van der Waals surface area contributed by atoms with E-state index in [4.69, 9.17) is 4.42 Å². The first kappa shape index (κ1) is 14.7. The van der Waals surface area contributed by atoms with Crippen LogP contribution in [0.2, 0.25) is 0 Å². The van der Waals surface area contributed by atoms with Gasteiger partial charge < -0.3 is 9.73 Å². The van der Waals surface area contributed by atoms with Gasteiger partial charge in [0, 0.05) is 16.1 Å². The first-order valence-electron chi connectivity index (χ1n) is 6.63. The molecule has 6 heteroatoms. The molecule has 21 heavy (non-hydrogen) atoms. The van der Waals surface area contributed by atoms with E-state index in [0.717, 1.165) is 18.9 Å². The van der Waals surface area contributed by atoms with Crippen LogP contribution in [0.5, 0.6) is 0 Å². The van der Waals surface area contributed by atoms with Gasteiger partial charge in [-0.2, -0.15) is 13.2 Å². The van der Waals surface area contributed by atoms with Crippen LogP contribution in [0.15, 0.2) is 39.2 Å². The number of alkyl halides is 3. The number of furan rings is 1. The van der Waals surface area contributed by atoms with E-state index in [1.54, 1.807) is 18.2 Å². The van der Waals surface area contributed by atoms with Crippen molar-refractivity contribution in [3.05, 3.63) is 46.1 Å². The summed E-state index contributed by atoms with van der Waals surface area (Å²) in [4.78, 5) is 0. The third-order valence-corrected chi connectivity index (χ3v) is 3.85. The Kier molecular flexibility index (Phi) is 3.84. The molecule has 3 rings (SSSR count). The maximum atomic E-state index is 13.1. The lowest BCUT2D eigenvalue weighted by Gasteiger charge is -2.11. The summed E-state index contributed by atoms with van der Waals surface area (Å²) in [6.07, 6.45) is -2.12. The molecule has 1 aromatic carbocycles. The Bertz CT molecular complexity index is 647. The highest BCUT2D eigenvalue weighted by Crippen LogP contribution is 2.39. The summed E-state index contributed by atoms with van der Waals surface area (Å²) in [5.74, 6) is 0.885. The minimum absolute atomic E-state index is 0.0587. The lowest BCUT2D eigenvalue weighted by atomic mass is 10.1. The van der Waals surface area contributed by atoms with Crippen molar-refractivity contribution in [2.75, 3.05) is 0 Å². The topological polar surface area (TPSA) is 25.2 Å². The first-order valence-corrected chi connectivity index (χ1v) is 7.42. The van der Waals surface area contributed by atoms with E-state index in [1.807, 2.05) is 0 Å². The zero-order valence-electron chi connectivity index (χ0n) is 11.0. The van der Waals surface area contributed by atoms with E-state index in [2.05, 4.69) is 21.2 Å². The van der Waals surface area contributed by atoms with Crippen LogP contribution in [0.25, 0.3) is 11.3 Å². The van der Waals surface area contributed by atoms with Crippen LogP contribution < -0.4 is 5.32 Å². The number of nitrogens with one attached hydrogen (secondary N) is 1. The SMILES string of the molecule is FC(F)(F)c1cc(Br)ccc1-c1ccc(CNC2CC2)o1. The smallest absolute Gasteiger partial charge is 0.417 e. The molecule has 0 atom stereocenters. The Morgan fingerprint density at radius 2 is 1.95 bits per heavy atom. The van der Waals surface area contributed by atoms with E-state index in [9.17, 15) is 13.2 Å². The quantitative estimate of drug-likeness (QED) is 0.832. The Balaban J connectivity index is 1.88.